The molecule has 0 spiro atoms. The average Bonchev–Trinajstić information content (AvgIpc) is 2.34. The van der Waals surface area contributed by atoms with E-state index in [-0.39, 0.29) is 0 Å². The molecule has 1 aromatic heterocycles. The molecule has 0 unspecified atom stereocenters. The van der Waals surface area contributed by atoms with E-state index in [1.54, 1.807) is 12.4 Å². The molecule has 0 fully saturated rings. The van der Waals surface area contributed by atoms with Gasteiger partial charge in [-0.2, -0.15) is 0 Å². The first kappa shape index (κ1) is 13.0. The standard InChI is InChI=1S/C13H14BrN3O/c1-9-5-10(14)3-4-12(9)18-13-8-16-7-11(17-13)6-15-2/h3-5,7-8,15H,6H2,1-2H3. The van der Waals surface area contributed by atoms with Crippen LogP contribution >= 0.6 is 15.9 Å². The monoisotopic (exact) mass is 307 g/mol. The molecule has 0 saturated carbocycles. The molecule has 0 radical (unpaired) electrons. The molecule has 94 valence electrons. The fraction of sp³-hybridized carbons (Fsp3) is 0.231. The van der Waals surface area contributed by atoms with Crippen molar-refractivity contribution in [1.29, 1.82) is 0 Å². The first-order valence-electron chi connectivity index (χ1n) is 5.58. The molecule has 0 aliphatic heterocycles. The van der Waals surface area contributed by atoms with E-state index in [1.165, 1.54) is 0 Å². The van der Waals surface area contributed by atoms with E-state index in [9.17, 15) is 0 Å². The van der Waals surface area contributed by atoms with Crippen molar-refractivity contribution in [3.63, 3.8) is 0 Å². The summed E-state index contributed by atoms with van der Waals surface area (Å²) in [6.07, 6.45) is 3.33. The molecule has 0 atom stereocenters. The third-order valence-electron chi connectivity index (χ3n) is 2.37. The van der Waals surface area contributed by atoms with E-state index in [0.717, 1.165) is 21.5 Å². The minimum absolute atomic E-state index is 0.508. The zero-order chi connectivity index (χ0) is 13.0. The van der Waals surface area contributed by atoms with Crippen molar-refractivity contribution < 1.29 is 4.74 Å². The number of aromatic nitrogens is 2. The molecule has 0 bridgehead atoms. The first-order valence-corrected chi connectivity index (χ1v) is 6.38. The van der Waals surface area contributed by atoms with Gasteiger partial charge in [-0.05, 0) is 37.7 Å². The Morgan fingerprint density at radius 2 is 2.17 bits per heavy atom. The Bertz CT molecular complexity index is 546. The van der Waals surface area contributed by atoms with Crippen LogP contribution in [0.4, 0.5) is 0 Å². The van der Waals surface area contributed by atoms with Crippen molar-refractivity contribution in [3.8, 4) is 11.6 Å². The molecule has 5 heteroatoms. The molecule has 2 rings (SSSR count). The minimum Gasteiger partial charge on any atom is -0.437 e. The summed E-state index contributed by atoms with van der Waals surface area (Å²) in [6, 6.07) is 5.85. The van der Waals surface area contributed by atoms with Crippen LogP contribution in [0.1, 0.15) is 11.3 Å². The Kier molecular flexibility index (Phi) is 4.28. The van der Waals surface area contributed by atoms with Crippen LogP contribution in [0.5, 0.6) is 11.6 Å². The second kappa shape index (κ2) is 5.93. The number of nitrogens with zero attached hydrogens (tertiary/aromatic N) is 2. The predicted molar refractivity (Wildman–Crippen MR) is 73.7 cm³/mol. The zero-order valence-electron chi connectivity index (χ0n) is 10.3. The molecule has 0 aliphatic carbocycles. The second-order valence-corrected chi connectivity index (χ2v) is 4.81. The summed E-state index contributed by atoms with van der Waals surface area (Å²) in [6.45, 7) is 2.66. The number of ether oxygens (including phenoxy) is 1. The highest BCUT2D eigenvalue weighted by atomic mass is 79.9. The van der Waals surface area contributed by atoms with E-state index in [2.05, 4.69) is 31.2 Å². The fourth-order valence-electron chi connectivity index (χ4n) is 1.54. The lowest BCUT2D eigenvalue weighted by atomic mass is 10.2. The van der Waals surface area contributed by atoms with Crippen LogP contribution in [0.2, 0.25) is 0 Å². The van der Waals surface area contributed by atoms with Gasteiger partial charge in [-0.1, -0.05) is 15.9 Å². The molecule has 2 aromatic rings. The van der Waals surface area contributed by atoms with Gasteiger partial charge in [0.15, 0.2) is 0 Å². The lowest BCUT2D eigenvalue weighted by Crippen LogP contribution is -2.07. The average molecular weight is 308 g/mol. The number of aryl methyl sites for hydroxylation is 1. The van der Waals surface area contributed by atoms with Crippen LogP contribution in [0.25, 0.3) is 0 Å². The maximum absolute atomic E-state index is 5.73. The Morgan fingerprint density at radius 1 is 1.33 bits per heavy atom. The third kappa shape index (κ3) is 3.27. The molecular weight excluding hydrogens is 294 g/mol. The molecular formula is C13H14BrN3O. The van der Waals surface area contributed by atoms with Crippen LogP contribution in [0.3, 0.4) is 0 Å². The van der Waals surface area contributed by atoms with Crippen LogP contribution < -0.4 is 10.1 Å². The van der Waals surface area contributed by atoms with E-state index < -0.39 is 0 Å². The van der Waals surface area contributed by atoms with E-state index in [1.807, 2.05) is 32.2 Å². The first-order chi connectivity index (χ1) is 8.69. The zero-order valence-corrected chi connectivity index (χ0v) is 11.9. The topological polar surface area (TPSA) is 47.0 Å². The van der Waals surface area contributed by atoms with E-state index in [4.69, 9.17) is 4.74 Å². The quantitative estimate of drug-likeness (QED) is 0.943. The number of hydrogen-bond donors (Lipinski definition) is 1. The molecule has 1 heterocycles. The number of benzene rings is 1. The van der Waals surface area contributed by atoms with Gasteiger partial charge in [0.1, 0.15) is 5.75 Å². The predicted octanol–water partition coefficient (Wildman–Crippen LogP) is 3.06. The van der Waals surface area contributed by atoms with Gasteiger partial charge in [0.05, 0.1) is 11.9 Å². The Hall–Kier alpha value is -1.46. The fourth-order valence-corrected chi connectivity index (χ4v) is 2.02. The summed E-state index contributed by atoms with van der Waals surface area (Å²) in [4.78, 5) is 8.47. The highest BCUT2D eigenvalue weighted by molar-refractivity contribution is 9.10. The van der Waals surface area contributed by atoms with Gasteiger partial charge < -0.3 is 10.1 Å². The smallest absolute Gasteiger partial charge is 0.238 e. The third-order valence-corrected chi connectivity index (χ3v) is 2.86. The molecule has 1 N–H and O–H groups in total. The van der Waals surface area contributed by atoms with Crippen molar-refractivity contribution in [3.05, 3.63) is 46.3 Å². The van der Waals surface area contributed by atoms with E-state index in [0.29, 0.717) is 12.4 Å². The lowest BCUT2D eigenvalue weighted by molar-refractivity contribution is 0.453. The highest BCUT2D eigenvalue weighted by Gasteiger charge is 2.04. The number of rotatable bonds is 4. The summed E-state index contributed by atoms with van der Waals surface area (Å²) in [5.41, 5.74) is 1.90. The Labute approximate surface area is 115 Å². The van der Waals surface area contributed by atoms with Crippen LogP contribution in [0.15, 0.2) is 35.1 Å². The second-order valence-electron chi connectivity index (χ2n) is 3.89. The van der Waals surface area contributed by atoms with Crippen LogP contribution in [-0.4, -0.2) is 17.0 Å². The van der Waals surface area contributed by atoms with Gasteiger partial charge in [-0.25, -0.2) is 4.98 Å². The lowest BCUT2D eigenvalue weighted by Gasteiger charge is -2.08. The van der Waals surface area contributed by atoms with Gasteiger partial charge in [0, 0.05) is 17.2 Å². The SMILES string of the molecule is CNCc1cncc(Oc2ccc(Br)cc2C)n1. The van der Waals surface area contributed by atoms with Gasteiger partial charge in [0.2, 0.25) is 5.88 Å². The minimum atomic E-state index is 0.508. The van der Waals surface area contributed by atoms with E-state index >= 15 is 0 Å². The largest absolute Gasteiger partial charge is 0.437 e. The summed E-state index contributed by atoms with van der Waals surface area (Å²) in [7, 11) is 1.87. The van der Waals surface area contributed by atoms with Gasteiger partial charge in [-0.3, -0.25) is 4.98 Å². The maximum Gasteiger partial charge on any atom is 0.238 e. The number of halogens is 1. The molecule has 0 amide bonds. The summed E-state index contributed by atoms with van der Waals surface area (Å²) < 4.78 is 6.76. The molecule has 4 nitrogen and oxygen atoms in total. The summed E-state index contributed by atoms with van der Waals surface area (Å²) >= 11 is 3.42. The molecule has 0 saturated heterocycles. The van der Waals surface area contributed by atoms with Gasteiger partial charge in [0.25, 0.3) is 0 Å². The Balaban J connectivity index is 2.20. The van der Waals surface area contributed by atoms with Crippen molar-refractivity contribution in [2.45, 2.75) is 13.5 Å². The molecule has 1 aromatic carbocycles. The number of hydrogen-bond acceptors (Lipinski definition) is 4. The van der Waals surface area contributed by atoms with Crippen molar-refractivity contribution in [2.75, 3.05) is 7.05 Å². The number of nitrogens with one attached hydrogen (secondary N) is 1. The normalized spacial score (nSPS) is 10.4. The molecule has 18 heavy (non-hydrogen) atoms. The summed E-state index contributed by atoms with van der Waals surface area (Å²) in [5.74, 6) is 1.29. The maximum atomic E-state index is 5.73. The Morgan fingerprint density at radius 3 is 2.89 bits per heavy atom. The van der Waals surface area contributed by atoms with Gasteiger partial charge >= 0.3 is 0 Å². The van der Waals surface area contributed by atoms with Crippen molar-refractivity contribution in [2.24, 2.45) is 0 Å². The summed E-state index contributed by atoms with van der Waals surface area (Å²) in [5, 5.41) is 3.03. The van der Waals surface area contributed by atoms with Crippen LogP contribution in [0, 0.1) is 6.92 Å². The van der Waals surface area contributed by atoms with Crippen molar-refractivity contribution in [1.82, 2.24) is 15.3 Å². The van der Waals surface area contributed by atoms with Crippen LogP contribution in [-0.2, 0) is 6.54 Å². The van der Waals surface area contributed by atoms with Crippen molar-refractivity contribution >= 4 is 15.9 Å². The van der Waals surface area contributed by atoms with Gasteiger partial charge in [-0.15, -0.1) is 0 Å². The molecule has 0 aliphatic rings. The highest BCUT2D eigenvalue weighted by Crippen LogP contribution is 2.26.